The lowest BCUT2D eigenvalue weighted by molar-refractivity contribution is 0.377. The molecule has 31 heavy (non-hydrogen) atoms. The molecule has 0 unspecified atom stereocenters. The first kappa shape index (κ1) is 21.1. The van der Waals surface area contributed by atoms with E-state index in [4.69, 9.17) is 4.74 Å². The third-order valence-corrected chi connectivity index (χ3v) is 7.07. The van der Waals surface area contributed by atoms with Crippen LogP contribution in [0.2, 0.25) is 0 Å². The van der Waals surface area contributed by atoms with Crippen LogP contribution in [0.5, 0.6) is 5.75 Å². The van der Waals surface area contributed by atoms with Gasteiger partial charge in [0.2, 0.25) is 10.0 Å². The average molecular weight is 446 g/mol. The topological polar surface area (TPSA) is 75.6 Å². The number of nitrogens with zero attached hydrogens (tertiary/aromatic N) is 4. The molecule has 2 aromatic carbocycles. The van der Waals surface area contributed by atoms with E-state index in [1.807, 2.05) is 35.2 Å². The Hall–Kier alpha value is -3.11. The Bertz CT molecular complexity index is 1160. The van der Waals surface area contributed by atoms with E-state index in [1.165, 1.54) is 6.33 Å². The number of anilines is 1. The summed E-state index contributed by atoms with van der Waals surface area (Å²) in [5.41, 5.74) is 1.61. The van der Waals surface area contributed by atoms with Gasteiger partial charge in [-0.1, -0.05) is 6.07 Å². The normalized spacial score (nSPS) is 15.1. The Kier molecular flexibility index (Phi) is 5.84. The van der Waals surface area contributed by atoms with Crippen molar-refractivity contribution in [2.24, 2.45) is 0 Å². The molecule has 1 aliphatic rings. The first-order valence-corrected chi connectivity index (χ1v) is 11.0. The molecule has 1 saturated heterocycles. The molecule has 0 radical (unpaired) electrons. The van der Waals surface area contributed by atoms with Crippen molar-refractivity contribution in [2.45, 2.75) is 4.90 Å². The van der Waals surface area contributed by atoms with Crippen LogP contribution in [0, 0.1) is 11.6 Å². The second-order valence-corrected chi connectivity index (χ2v) is 8.81. The number of hydrogen-bond acceptors (Lipinski definition) is 6. The molecule has 0 aliphatic carbocycles. The Balaban J connectivity index is 1.50. The summed E-state index contributed by atoms with van der Waals surface area (Å²) in [5.74, 6) is -0.804. The zero-order chi connectivity index (χ0) is 22.0. The van der Waals surface area contributed by atoms with Gasteiger partial charge in [-0.25, -0.2) is 27.2 Å². The van der Waals surface area contributed by atoms with Crippen LogP contribution in [0.4, 0.5) is 14.6 Å². The minimum atomic E-state index is -4.27. The summed E-state index contributed by atoms with van der Waals surface area (Å²) in [4.78, 5) is 9.61. The molecule has 1 fully saturated rings. The molecule has 10 heteroatoms. The van der Waals surface area contributed by atoms with Gasteiger partial charge in [0.15, 0.2) is 4.90 Å². The molecule has 0 saturated carbocycles. The number of benzene rings is 2. The fourth-order valence-electron chi connectivity index (χ4n) is 3.46. The third kappa shape index (κ3) is 4.21. The molecular formula is C21H20F2N4O3S. The Morgan fingerprint density at radius 3 is 2.19 bits per heavy atom. The van der Waals surface area contributed by atoms with Crippen molar-refractivity contribution in [3.63, 3.8) is 0 Å². The van der Waals surface area contributed by atoms with Crippen molar-refractivity contribution in [2.75, 3.05) is 38.2 Å². The van der Waals surface area contributed by atoms with E-state index in [-0.39, 0.29) is 13.1 Å². The van der Waals surface area contributed by atoms with Crippen LogP contribution >= 0.6 is 0 Å². The fraction of sp³-hybridized carbons (Fsp3) is 0.238. The molecule has 1 aliphatic heterocycles. The quantitative estimate of drug-likeness (QED) is 0.600. The lowest BCUT2D eigenvalue weighted by Gasteiger charge is -2.34. The van der Waals surface area contributed by atoms with Crippen molar-refractivity contribution >= 4 is 15.8 Å². The molecular weight excluding hydrogens is 426 g/mol. The summed E-state index contributed by atoms with van der Waals surface area (Å²) >= 11 is 0. The molecule has 162 valence electrons. The molecule has 0 bridgehead atoms. The lowest BCUT2D eigenvalue weighted by atomic mass is 10.1. The van der Waals surface area contributed by atoms with Crippen molar-refractivity contribution in [1.82, 2.24) is 14.3 Å². The van der Waals surface area contributed by atoms with Gasteiger partial charge in [0.05, 0.1) is 12.8 Å². The zero-order valence-corrected chi connectivity index (χ0v) is 17.5. The number of rotatable bonds is 5. The Morgan fingerprint density at radius 2 is 1.58 bits per heavy atom. The van der Waals surface area contributed by atoms with E-state index in [0.29, 0.717) is 18.9 Å². The largest absolute Gasteiger partial charge is 0.497 e. The maximum atomic E-state index is 14.0. The standard InChI is InChI=1S/C21H20F2N4O3S/c1-30-16-7-5-15(6-8-16)19-13-20(25-14-24-19)26-9-11-27(12-10-26)31(28,29)21-17(22)3-2-4-18(21)23/h2-8,13-14H,9-12H2,1H3. The summed E-state index contributed by atoms with van der Waals surface area (Å²) < 4.78 is 59.8. The first-order chi connectivity index (χ1) is 14.9. The molecule has 2 heterocycles. The summed E-state index contributed by atoms with van der Waals surface area (Å²) in [6.45, 7) is 0.818. The number of hydrogen-bond donors (Lipinski definition) is 0. The van der Waals surface area contributed by atoms with Gasteiger partial charge in [-0.05, 0) is 36.4 Å². The monoisotopic (exact) mass is 446 g/mol. The molecule has 1 aromatic heterocycles. The van der Waals surface area contributed by atoms with Gasteiger partial charge in [0.1, 0.15) is 29.5 Å². The minimum Gasteiger partial charge on any atom is -0.497 e. The highest BCUT2D eigenvalue weighted by molar-refractivity contribution is 7.89. The summed E-state index contributed by atoms with van der Waals surface area (Å²) in [6, 6.07) is 12.3. The van der Waals surface area contributed by atoms with E-state index in [9.17, 15) is 17.2 Å². The summed E-state index contributed by atoms with van der Waals surface area (Å²) in [6.07, 6.45) is 1.45. The number of sulfonamides is 1. The highest BCUT2D eigenvalue weighted by atomic mass is 32.2. The van der Waals surface area contributed by atoms with Crippen LogP contribution in [0.15, 0.2) is 59.8 Å². The van der Waals surface area contributed by atoms with E-state index >= 15 is 0 Å². The molecule has 4 rings (SSSR count). The van der Waals surface area contributed by atoms with Gasteiger partial charge in [-0.15, -0.1) is 0 Å². The zero-order valence-electron chi connectivity index (χ0n) is 16.7. The second-order valence-electron chi connectivity index (χ2n) is 6.93. The smallest absolute Gasteiger partial charge is 0.249 e. The number of piperazine rings is 1. The third-order valence-electron chi connectivity index (χ3n) is 5.12. The van der Waals surface area contributed by atoms with Crippen molar-refractivity contribution < 1.29 is 21.9 Å². The van der Waals surface area contributed by atoms with Gasteiger partial charge in [0.25, 0.3) is 0 Å². The maximum Gasteiger partial charge on any atom is 0.249 e. The minimum absolute atomic E-state index is 0.0813. The van der Waals surface area contributed by atoms with Gasteiger partial charge in [0, 0.05) is 37.8 Å². The van der Waals surface area contributed by atoms with Crippen molar-refractivity contribution in [1.29, 1.82) is 0 Å². The van der Waals surface area contributed by atoms with Crippen LogP contribution < -0.4 is 9.64 Å². The highest BCUT2D eigenvalue weighted by Crippen LogP contribution is 2.26. The predicted octanol–water partition coefficient (Wildman–Crippen LogP) is 2.94. The molecule has 7 nitrogen and oxygen atoms in total. The lowest BCUT2D eigenvalue weighted by Crippen LogP contribution is -2.49. The van der Waals surface area contributed by atoms with Crippen LogP contribution in [-0.2, 0) is 10.0 Å². The molecule has 3 aromatic rings. The molecule has 0 spiro atoms. The van der Waals surface area contributed by atoms with Crippen LogP contribution in [-0.4, -0.2) is 56.0 Å². The highest BCUT2D eigenvalue weighted by Gasteiger charge is 2.33. The van der Waals surface area contributed by atoms with Gasteiger partial charge in [-0.2, -0.15) is 4.31 Å². The van der Waals surface area contributed by atoms with E-state index in [0.717, 1.165) is 39.5 Å². The number of ether oxygens (including phenoxy) is 1. The number of methoxy groups -OCH3 is 1. The second kappa shape index (κ2) is 8.56. The van der Waals surface area contributed by atoms with Crippen LogP contribution in [0.25, 0.3) is 11.3 Å². The van der Waals surface area contributed by atoms with Gasteiger partial charge in [-0.3, -0.25) is 0 Å². The predicted molar refractivity (Wildman–Crippen MR) is 111 cm³/mol. The average Bonchev–Trinajstić information content (AvgIpc) is 2.79. The van der Waals surface area contributed by atoms with Crippen molar-refractivity contribution in [3.8, 4) is 17.0 Å². The van der Waals surface area contributed by atoms with E-state index in [1.54, 1.807) is 7.11 Å². The maximum absolute atomic E-state index is 14.0. The van der Waals surface area contributed by atoms with Crippen LogP contribution in [0.1, 0.15) is 0 Å². The van der Waals surface area contributed by atoms with Gasteiger partial charge >= 0.3 is 0 Å². The number of halogens is 2. The molecule has 0 amide bonds. The Morgan fingerprint density at radius 1 is 0.935 bits per heavy atom. The van der Waals surface area contributed by atoms with Gasteiger partial charge < -0.3 is 9.64 Å². The van der Waals surface area contributed by atoms with E-state index in [2.05, 4.69) is 9.97 Å². The molecule has 0 N–H and O–H groups in total. The molecule has 0 atom stereocenters. The number of aromatic nitrogens is 2. The van der Waals surface area contributed by atoms with E-state index < -0.39 is 26.6 Å². The Labute approximate surface area is 179 Å². The van der Waals surface area contributed by atoms with Crippen molar-refractivity contribution in [3.05, 3.63) is 66.5 Å². The van der Waals surface area contributed by atoms with Crippen LogP contribution in [0.3, 0.4) is 0 Å². The summed E-state index contributed by atoms with van der Waals surface area (Å²) in [7, 11) is -2.68. The SMILES string of the molecule is COc1ccc(-c2cc(N3CCN(S(=O)(=O)c4c(F)cccc4F)CC3)ncn2)cc1. The fourth-order valence-corrected chi connectivity index (χ4v) is 4.99. The summed E-state index contributed by atoms with van der Waals surface area (Å²) in [5, 5.41) is 0. The first-order valence-electron chi connectivity index (χ1n) is 9.56.